The van der Waals surface area contributed by atoms with Crippen molar-refractivity contribution >= 4 is 11.8 Å². The number of carbonyl (C=O) groups excluding carboxylic acids is 1. The summed E-state index contributed by atoms with van der Waals surface area (Å²) in [5.74, 6) is 0. The van der Waals surface area contributed by atoms with Crippen LogP contribution in [0.1, 0.15) is 38.8 Å². The number of amides is 1. The molecular weight excluding hydrogens is 228 g/mol. The van der Waals surface area contributed by atoms with E-state index >= 15 is 0 Å². The Balaban J connectivity index is 2.26. The normalized spacial score (nSPS) is 19.3. The van der Waals surface area contributed by atoms with Gasteiger partial charge in [0, 0.05) is 12.6 Å². The molecule has 1 aromatic carbocycles. The van der Waals surface area contributed by atoms with Crippen molar-refractivity contribution in [2.45, 2.75) is 38.8 Å². The van der Waals surface area contributed by atoms with E-state index in [-0.39, 0.29) is 12.1 Å². The number of fused-ring (bicyclic) bond motifs is 1. The number of ether oxygens (including phenoxy) is 1. The van der Waals surface area contributed by atoms with Gasteiger partial charge >= 0.3 is 6.09 Å². The highest BCUT2D eigenvalue weighted by molar-refractivity contribution is 5.89. The number of carbonyl (C=O) groups is 1. The lowest BCUT2D eigenvalue weighted by atomic mass is 9.97. The fourth-order valence-electron chi connectivity index (χ4n) is 2.10. The zero-order valence-corrected chi connectivity index (χ0v) is 11.1. The lowest BCUT2D eigenvalue weighted by molar-refractivity contribution is 0.0576. The van der Waals surface area contributed by atoms with Gasteiger partial charge in [0.25, 0.3) is 0 Å². The Kier molecular flexibility index (Phi) is 3.30. The van der Waals surface area contributed by atoms with Gasteiger partial charge in [-0.15, -0.1) is 0 Å². The fraction of sp³-hybridized carbons (Fsp3) is 0.500. The minimum absolute atomic E-state index is 0.000105. The van der Waals surface area contributed by atoms with Crippen molar-refractivity contribution in [1.29, 1.82) is 0 Å². The average molecular weight is 248 g/mol. The first-order chi connectivity index (χ1) is 8.38. The maximum atomic E-state index is 12.1. The lowest BCUT2D eigenvalue weighted by Crippen LogP contribution is -2.41. The summed E-state index contributed by atoms with van der Waals surface area (Å²) in [5.41, 5.74) is 7.45. The van der Waals surface area contributed by atoms with Crippen LogP contribution in [0.5, 0.6) is 0 Å². The molecule has 4 nitrogen and oxygen atoms in total. The minimum Gasteiger partial charge on any atom is -0.443 e. The topological polar surface area (TPSA) is 55.6 Å². The molecule has 1 aliphatic heterocycles. The van der Waals surface area contributed by atoms with E-state index in [1.807, 2.05) is 45.0 Å². The predicted molar refractivity (Wildman–Crippen MR) is 71.6 cm³/mol. The summed E-state index contributed by atoms with van der Waals surface area (Å²) < 4.78 is 5.42. The Morgan fingerprint density at radius 3 is 2.72 bits per heavy atom. The van der Waals surface area contributed by atoms with Crippen molar-refractivity contribution in [2.24, 2.45) is 5.73 Å². The van der Waals surface area contributed by atoms with E-state index in [0.717, 1.165) is 17.7 Å². The molecular formula is C14H20N2O2. The molecule has 0 spiro atoms. The second-order valence-electron chi connectivity index (χ2n) is 5.59. The van der Waals surface area contributed by atoms with Crippen LogP contribution >= 0.6 is 0 Å². The van der Waals surface area contributed by atoms with Crippen LogP contribution in [0.25, 0.3) is 0 Å². The van der Waals surface area contributed by atoms with Crippen molar-refractivity contribution in [3.05, 3.63) is 29.8 Å². The molecule has 1 aromatic rings. The van der Waals surface area contributed by atoms with Crippen molar-refractivity contribution < 1.29 is 9.53 Å². The maximum Gasteiger partial charge on any atom is 0.414 e. The molecule has 2 rings (SSSR count). The van der Waals surface area contributed by atoms with Crippen LogP contribution < -0.4 is 10.6 Å². The maximum absolute atomic E-state index is 12.1. The van der Waals surface area contributed by atoms with Gasteiger partial charge in [-0.2, -0.15) is 0 Å². The highest BCUT2D eigenvalue weighted by Crippen LogP contribution is 2.32. The monoisotopic (exact) mass is 248 g/mol. The fourth-order valence-corrected chi connectivity index (χ4v) is 2.10. The molecule has 1 aliphatic rings. The number of hydrogen-bond donors (Lipinski definition) is 1. The van der Waals surface area contributed by atoms with Gasteiger partial charge in [-0.25, -0.2) is 4.79 Å². The average Bonchev–Trinajstić information content (AvgIpc) is 2.27. The highest BCUT2D eigenvalue weighted by Gasteiger charge is 2.29. The van der Waals surface area contributed by atoms with Crippen molar-refractivity contribution in [1.82, 2.24) is 0 Å². The van der Waals surface area contributed by atoms with Crippen LogP contribution in [0.15, 0.2) is 24.3 Å². The Morgan fingerprint density at radius 1 is 1.39 bits per heavy atom. The molecule has 1 heterocycles. The Labute approximate surface area is 108 Å². The standard InChI is InChI=1S/C14H20N2O2/c1-14(2,3)18-13(17)16-9-8-11(15)10-6-4-5-7-12(10)16/h4-7,11H,8-9,15H2,1-3H3/t11-/m0/s1. The van der Waals surface area contributed by atoms with Gasteiger partial charge in [0.1, 0.15) is 5.60 Å². The molecule has 0 aliphatic carbocycles. The summed E-state index contributed by atoms with van der Waals surface area (Å²) in [4.78, 5) is 13.8. The van der Waals surface area contributed by atoms with Crippen LogP contribution in [0.4, 0.5) is 10.5 Å². The van der Waals surface area contributed by atoms with E-state index in [4.69, 9.17) is 10.5 Å². The second kappa shape index (κ2) is 4.61. The Bertz CT molecular complexity index is 451. The molecule has 0 saturated heterocycles. The van der Waals surface area contributed by atoms with E-state index in [1.54, 1.807) is 4.90 Å². The molecule has 98 valence electrons. The first-order valence-electron chi connectivity index (χ1n) is 6.23. The molecule has 0 bridgehead atoms. The summed E-state index contributed by atoms with van der Waals surface area (Å²) in [6.45, 7) is 6.21. The molecule has 0 unspecified atom stereocenters. The van der Waals surface area contributed by atoms with E-state index in [1.165, 1.54) is 0 Å². The van der Waals surface area contributed by atoms with Crippen LogP contribution in [0.3, 0.4) is 0 Å². The largest absolute Gasteiger partial charge is 0.443 e. The minimum atomic E-state index is -0.481. The second-order valence-corrected chi connectivity index (χ2v) is 5.59. The Morgan fingerprint density at radius 2 is 2.06 bits per heavy atom. The number of para-hydroxylation sites is 1. The van der Waals surface area contributed by atoms with E-state index in [9.17, 15) is 4.79 Å². The van der Waals surface area contributed by atoms with Crippen molar-refractivity contribution in [2.75, 3.05) is 11.4 Å². The van der Waals surface area contributed by atoms with Crippen LogP contribution in [0.2, 0.25) is 0 Å². The molecule has 0 saturated carbocycles. The summed E-state index contributed by atoms with van der Waals surface area (Å²) in [7, 11) is 0. The van der Waals surface area contributed by atoms with Crippen molar-refractivity contribution in [3.63, 3.8) is 0 Å². The van der Waals surface area contributed by atoms with Gasteiger partial charge in [0.15, 0.2) is 0 Å². The summed E-state index contributed by atoms with van der Waals surface area (Å²) in [6, 6.07) is 7.74. The van der Waals surface area contributed by atoms with Gasteiger partial charge in [0.05, 0.1) is 5.69 Å². The number of nitrogens with zero attached hydrogens (tertiary/aromatic N) is 1. The summed E-state index contributed by atoms with van der Waals surface area (Å²) in [6.07, 6.45) is 0.456. The quantitative estimate of drug-likeness (QED) is 0.768. The molecule has 0 radical (unpaired) electrons. The third-order valence-electron chi connectivity index (χ3n) is 2.90. The van der Waals surface area contributed by atoms with Crippen LogP contribution in [0, 0.1) is 0 Å². The third-order valence-corrected chi connectivity index (χ3v) is 2.90. The SMILES string of the molecule is CC(C)(C)OC(=O)N1CC[C@H](N)c2ccccc21. The van der Waals surface area contributed by atoms with Gasteiger partial charge in [0.2, 0.25) is 0 Å². The predicted octanol–water partition coefficient (Wildman–Crippen LogP) is 2.83. The zero-order chi connectivity index (χ0) is 13.3. The molecule has 0 aromatic heterocycles. The van der Waals surface area contributed by atoms with Crippen molar-refractivity contribution in [3.8, 4) is 0 Å². The zero-order valence-electron chi connectivity index (χ0n) is 11.1. The van der Waals surface area contributed by atoms with E-state index < -0.39 is 5.60 Å². The summed E-state index contributed by atoms with van der Waals surface area (Å²) in [5, 5.41) is 0. The molecule has 1 amide bonds. The molecule has 4 heteroatoms. The van der Waals surface area contributed by atoms with Gasteiger partial charge < -0.3 is 10.5 Å². The van der Waals surface area contributed by atoms with E-state index in [0.29, 0.717) is 6.54 Å². The van der Waals surface area contributed by atoms with Gasteiger partial charge in [-0.3, -0.25) is 4.90 Å². The Hall–Kier alpha value is -1.55. The van der Waals surface area contributed by atoms with Gasteiger partial charge in [-0.1, -0.05) is 18.2 Å². The highest BCUT2D eigenvalue weighted by atomic mass is 16.6. The number of benzene rings is 1. The van der Waals surface area contributed by atoms with Crippen LogP contribution in [-0.4, -0.2) is 18.2 Å². The molecule has 2 N–H and O–H groups in total. The first-order valence-corrected chi connectivity index (χ1v) is 6.23. The lowest BCUT2D eigenvalue weighted by Gasteiger charge is -2.34. The smallest absolute Gasteiger partial charge is 0.414 e. The molecule has 1 atom stereocenters. The van der Waals surface area contributed by atoms with E-state index in [2.05, 4.69) is 0 Å². The van der Waals surface area contributed by atoms with Crippen LogP contribution in [-0.2, 0) is 4.74 Å². The first kappa shape index (κ1) is 12.9. The molecule has 0 fully saturated rings. The number of hydrogen-bond acceptors (Lipinski definition) is 3. The van der Waals surface area contributed by atoms with Gasteiger partial charge in [-0.05, 0) is 38.8 Å². The number of anilines is 1. The third kappa shape index (κ3) is 2.64. The number of nitrogens with two attached hydrogens (primary N) is 1. The number of rotatable bonds is 0. The summed E-state index contributed by atoms with van der Waals surface area (Å²) >= 11 is 0. The molecule has 18 heavy (non-hydrogen) atoms.